The minimum Gasteiger partial charge on any atom is -0.382 e. The molecule has 0 spiro atoms. The van der Waals surface area contributed by atoms with Gasteiger partial charge in [0, 0.05) is 32.0 Å². The SMILES string of the molecule is COCCOCCCCNCc1cnn(C(C)(C)C)c1. The number of hydrogen-bond donors (Lipinski definition) is 1. The van der Waals surface area contributed by atoms with E-state index >= 15 is 0 Å². The third kappa shape index (κ3) is 7.03. The Hall–Kier alpha value is -0.910. The second-order valence-corrected chi connectivity index (χ2v) is 5.95. The van der Waals surface area contributed by atoms with Crippen LogP contribution < -0.4 is 5.32 Å². The van der Waals surface area contributed by atoms with Gasteiger partial charge < -0.3 is 14.8 Å². The molecule has 20 heavy (non-hydrogen) atoms. The summed E-state index contributed by atoms with van der Waals surface area (Å²) in [6.45, 7) is 10.5. The van der Waals surface area contributed by atoms with Gasteiger partial charge in [-0.15, -0.1) is 0 Å². The molecule has 0 bridgehead atoms. The minimum atomic E-state index is 0.0534. The predicted molar refractivity (Wildman–Crippen MR) is 80.9 cm³/mol. The van der Waals surface area contributed by atoms with Gasteiger partial charge in [-0.1, -0.05) is 0 Å². The van der Waals surface area contributed by atoms with Crippen molar-refractivity contribution < 1.29 is 9.47 Å². The van der Waals surface area contributed by atoms with Crippen molar-refractivity contribution in [3.63, 3.8) is 0 Å². The molecule has 1 N–H and O–H groups in total. The number of aromatic nitrogens is 2. The van der Waals surface area contributed by atoms with Crippen molar-refractivity contribution in [2.24, 2.45) is 0 Å². The summed E-state index contributed by atoms with van der Waals surface area (Å²) in [4.78, 5) is 0. The monoisotopic (exact) mass is 283 g/mol. The Balaban J connectivity index is 2.03. The van der Waals surface area contributed by atoms with Gasteiger partial charge in [-0.2, -0.15) is 5.10 Å². The quantitative estimate of drug-likeness (QED) is 0.669. The first kappa shape index (κ1) is 17.1. The molecule has 0 radical (unpaired) electrons. The van der Waals surface area contributed by atoms with Gasteiger partial charge in [-0.05, 0) is 40.2 Å². The van der Waals surface area contributed by atoms with Gasteiger partial charge in [0.15, 0.2) is 0 Å². The third-order valence-corrected chi connectivity index (χ3v) is 2.98. The van der Waals surface area contributed by atoms with E-state index in [9.17, 15) is 0 Å². The summed E-state index contributed by atoms with van der Waals surface area (Å²) >= 11 is 0. The van der Waals surface area contributed by atoms with Crippen LogP contribution in [0.25, 0.3) is 0 Å². The molecule has 5 nitrogen and oxygen atoms in total. The molecule has 0 aromatic carbocycles. The maximum atomic E-state index is 5.41. The lowest BCUT2D eigenvalue weighted by atomic mass is 10.1. The van der Waals surface area contributed by atoms with Gasteiger partial charge in [-0.3, -0.25) is 4.68 Å². The summed E-state index contributed by atoms with van der Waals surface area (Å²) in [6.07, 6.45) is 6.26. The Morgan fingerprint density at radius 2 is 2.00 bits per heavy atom. The van der Waals surface area contributed by atoms with Gasteiger partial charge in [-0.25, -0.2) is 0 Å². The summed E-state index contributed by atoms with van der Waals surface area (Å²) < 4.78 is 12.3. The Morgan fingerprint density at radius 1 is 1.20 bits per heavy atom. The first-order chi connectivity index (χ1) is 9.54. The molecule has 1 aromatic heterocycles. The third-order valence-electron chi connectivity index (χ3n) is 2.98. The lowest BCUT2D eigenvalue weighted by Gasteiger charge is -2.18. The van der Waals surface area contributed by atoms with E-state index in [2.05, 4.69) is 37.4 Å². The lowest BCUT2D eigenvalue weighted by molar-refractivity contribution is 0.0688. The molecule has 116 valence electrons. The van der Waals surface area contributed by atoms with Gasteiger partial charge in [0.1, 0.15) is 0 Å². The highest BCUT2D eigenvalue weighted by molar-refractivity contribution is 5.04. The van der Waals surface area contributed by atoms with Gasteiger partial charge in [0.25, 0.3) is 0 Å². The topological polar surface area (TPSA) is 48.3 Å². The predicted octanol–water partition coefficient (Wildman–Crippen LogP) is 2.17. The van der Waals surface area contributed by atoms with Gasteiger partial charge in [0.2, 0.25) is 0 Å². The fourth-order valence-corrected chi connectivity index (χ4v) is 1.75. The second kappa shape index (κ2) is 9.10. The molecule has 0 saturated heterocycles. The standard InChI is InChI=1S/C15H29N3O2/c1-15(2,3)18-13-14(12-17-18)11-16-7-5-6-8-20-10-9-19-4/h12-13,16H,5-11H2,1-4H3. The van der Waals surface area contributed by atoms with Crippen LogP contribution in [0.2, 0.25) is 0 Å². The van der Waals surface area contributed by atoms with E-state index in [1.54, 1.807) is 7.11 Å². The Labute approximate surface area is 122 Å². The van der Waals surface area contributed by atoms with Crippen molar-refractivity contribution in [2.75, 3.05) is 33.5 Å². The minimum absolute atomic E-state index is 0.0534. The first-order valence-electron chi connectivity index (χ1n) is 7.35. The molecule has 1 aromatic rings. The molecular weight excluding hydrogens is 254 g/mol. The highest BCUT2D eigenvalue weighted by Crippen LogP contribution is 2.12. The zero-order valence-electron chi connectivity index (χ0n) is 13.3. The molecular formula is C15H29N3O2. The maximum absolute atomic E-state index is 5.41. The smallest absolute Gasteiger partial charge is 0.0700 e. The number of methoxy groups -OCH3 is 1. The van der Waals surface area contributed by atoms with Crippen molar-refractivity contribution in [3.8, 4) is 0 Å². The summed E-state index contributed by atoms with van der Waals surface area (Å²) in [6, 6.07) is 0. The average molecular weight is 283 g/mol. The van der Waals surface area contributed by atoms with Crippen molar-refractivity contribution in [2.45, 2.75) is 45.7 Å². The Kier molecular flexibility index (Phi) is 7.80. The first-order valence-corrected chi connectivity index (χ1v) is 7.35. The van der Waals surface area contributed by atoms with Crippen LogP contribution in [0.3, 0.4) is 0 Å². The summed E-state index contributed by atoms with van der Waals surface area (Å²) in [5, 5.41) is 7.82. The van der Waals surface area contributed by atoms with E-state index in [1.165, 1.54) is 5.56 Å². The fourth-order valence-electron chi connectivity index (χ4n) is 1.75. The fraction of sp³-hybridized carbons (Fsp3) is 0.800. The van der Waals surface area contributed by atoms with Crippen LogP contribution in [0.4, 0.5) is 0 Å². The second-order valence-electron chi connectivity index (χ2n) is 5.95. The van der Waals surface area contributed by atoms with E-state index in [0.717, 1.165) is 32.5 Å². The molecule has 0 aliphatic carbocycles. The lowest BCUT2D eigenvalue weighted by Crippen LogP contribution is -2.22. The molecule has 0 unspecified atom stereocenters. The van der Waals surface area contributed by atoms with Crippen molar-refractivity contribution in [3.05, 3.63) is 18.0 Å². The zero-order chi connectivity index (χ0) is 14.8. The van der Waals surface area contributed by atoms with E-state index < -0.39 is 0 Å². The largest absolute Gasteiger partial charge is 0.382 e. The van der Waals surface area contributed by atoms with Crippen LogP contribution in [0, 0.1) is 0 Å². The number of hydrogen-bond acceptors (Lipinski definition) is 4. The van der Waals surface area contributed by atoms with E-state index in [4.69, 9.17) is 9.47 Å². The zero-order valence-corrected chi connectivity index (χ0v) is 13.3. The molecule has 1 heterocycles. The highest BCUT2D eigenvalue weighted by Gasteiger charge is 2.13. The summed E-state index contributed by atoms with van der Waals surface area (Å²) in [7, 11) is 1.69. The number of nitrogens with one attached hydrogen (secondary N) is 1. The molecule has 0 aliphatic rings. The van der Waals surface area contributed by atoms with Crippen LogP contribution in [0.1, 0.15) is 39.2 Å². The molecule has 0 aliphatic heterocycles. The molecule has 0 fully saturated rings. The average Bonchev–Trinajstić information content (AvgIpc) is 2.85. The van der Waals surface area contributed by atoms with Gasteiger partial charge >= 0.3 is 0 Å². The number of rotatable bonds is 10. The highest BCUT2D eigenvalue weighted by atomic mass is 16.5. The van der Waals surface area contributed by atoms with E-state index in [1.807, 2.05) is 10.9 Å². The van der Waals surface area contributed by atoms with Crippen molar-refractivity contribution in [1.82, 2.24) is 15.1 Å². The molecule has 0 saturated carbocycles. The summed E-state index contributed by atoms with van der Waals surface area (Å²) in [5.74, 6) is 0. The van der Waals surface area contributed by atoms with E-state index in [-0.39, 0.29) is 5.54 Å². The molecule has 0 atom stereocenters. The normalized spacial score (nSPS) is 12.0. The van der Waals surface area contributed by atoms with Crippen LogP contribution in [0.5, 0.6) is 0 Å². The van der Waals surface area contributed by atoms with Crippen molar-refractivity contribution in [1.29, 1.82) is 0 Å². The Morgan fingerprint density at radius 3 is 2.65 bits per heavy atom. The molecule has 5 heteroatoms. The summed E-state index contributed by atoms with van der Waals surface area (Å²) in [5.41, 5.74) is 1.29. The van der Waals surface area contributed by atoms with Crippen LogP contribution in [0.15, 0.2) is 12.4 Å². The van der Waals surface area contributed by atoms with Crippen LogP contribution >= 0.6 is 0 Å². The maximum Gasteiger partial charge on any atom is 0.0700 e. The van der Waals surface area contributed by atoms with Crippen LogP contribution in [-0.2, 0) is 21.6 Å². The van der Waals surface area contributed by atoms with Gasteiger partial charge in [0.05, 0.1) is 24.9 Å². The molecule has 0 amide bonds. The molecule has 1 rings (SSSR count). The van der Waals surface area contributed by atoms with Crippen molar-refractivity contribution >= 4 is 0 Å². The number of unbranched alkanes of at least 4 members (excludes halogenated alkanes) is 1. The van der Waals surface area contributed by atoms with Crippen LogP contribution in [-0.4, -0.2) is 43.3 Å². The number of ether oxygens (including phenoxy) is 2. The number of nitrogens with zero attached hydrogens (tertiary/aromatic N) is 2. The van der Waals surface area contributed by atoms with E-state index in [0.29, 0.717) is 13.2 Å². The Bertz CT molecular complexity index is 358.